The van der Waals surface area contributed by atoms with Gasteiger partial charge in [-0.3, -0.25) is 9.47 Å². The normalized spacial score (nSPS) is 20.9. The summed E-state index contributed by atoms with van der Waals surface area (Å²) in [6.45, 7) is 2.61. The highest BCUT2D eigenvalue weighted by molar-refractivity contribution is 7.92. The van der Waals surface area contributed by atoms with E-state index in [1.54, 1.807) is 0 Å². The van der Waals surface area contributed by atoms with Crippen LogP contribution in [0.1, 0.15) is 36.0 Å². The van der Waals surface area contributed by atoms with E-state index in [1.165, 1.54) is 12.4 Å². The van der Waals surface area contributed by atoms with Crippen LogP contribution in [0.3, 0.4) is 0 Å². The average molecular weight is 504 g/mol. The summed E-state index contributed by atoms with van der Waals surface area (Å²) in [6.07, 6.45) is 4.06. The lowest BCUT2D eigenvalue weighted by Crippen LogP contribution is -2.52. The van der Waals surface area contributed by atoms with Crippen LogP contribution in [0.25, 0.3) is 5.69 Å². The minimum Gasteiger partial charge on any atom is -0.341 e. The number of anilines is 1. The summed E-state index contributed by atoms with van der Waals surface area (Å²) in [5.74, 6) is 2.34. The third kappa shape index (κ3) is 3.95. The summed E-state index contributed by atoms with van der Waals surface area (Å²) >= 11 is 6.33. The molecule has 0 spiro atoms. The fourth-order valence-corrected chi connectivity index (χ4v) is 6.82. The van der Waals surface area contributed by atoms with Crippen LogP contribution in [0.15, 0.2) is 30.6 Å². The van der Waals surface area contributed by atoms with Crippen molar-refractivity contribution < 1.29 is 12.8 Å². The quantitative estimate of drug-likeness (QED) is 0.537. The largest absolute Gasteiger partial charge is 0.341 e. The van der Waals surface area contributed by atoms with Gasteiger partial charge >= 0.3 is 0 Å². The van der Waals surface area contributed by atoms with E-state index in [-0.39, 0.29) is 23.5 Å². The molecule has 6 rings (SSSR count). The SMILES string of the molecule is O=S1(=O)CC(N2Cc3cc(Cl)ccc3-n3c(nnc3C3CCN(c4ncc(F)cn4)CC3)C2)C1. The molecule has 0 N–H and O–H groups in total. The van der Waals surface area contributed by atoms with E-state index in [4.69, 9.17) is 11.6 Å². The first-order valence-corrected chi connectivity index (χ1v) is 13.5. The molecule has 5 heterocycles. The molecule has 9 nitrogen and oxygen atoms in total. The molecule has 0 unspecified atom stereocenters. The van der Waals surface area contributed by atoms with Crippen LogP contribution in [0, 0.1) is 5.82 Å². The lowest BCUT2D eigenvalue weighted by molar-refractivity contribution is 0.193. The highest BCUT2D eigenvalue weighted by Gasteiger charge is 2.40. The maximum atomic E-state index is 13.2. The highest BCUT2D eigenvalue weighted by atomic mass is 35.5. The molecule has 3 aromatic rings. The zero-order valence-corrected chi connectivity index (χ0v) is 19.9. The number of fused-ring (bicyclic) bond motifs is 3. The van der Waals surface area contributed by atoms with Gasteiger partial charge in [0.25, 0.3) is 0 Å². The predicted octanol–water partition coefficient (Wildman–Crippen LogP) is 2.35. The summed E-state index contributed by atoms with van der Waals surface area (Å²) in [5.41, 5.74) is 2.03. The summed E-state index contributed by atoms with van der Waals surface area (Å²) < 4.78 is 38.9. The first-order valence-electron chi connectivity index (χ1n) is 11.3. The Morgan fingerprint density at radius 2 is 1.76 bits per heavy atom. The molecule has 34 heavy (non-hydrogen) atoms. The van der Waals surface area contributed by atoms with Gasteiger partial charge in [-0.2, -0.15) is 0 Å². The summed E-state index contributed by atoms with van der Waals surface area (Å²) in [4.78, 5) is 12.4. The Balaban J connectivity index is 1.29. The molecule has 3 aliphatic rings. The minimum absolute atomic E-state index is 0.0255. The Morgan fingerprint density at radius 1 is 1.03 bits per heavy atom. The number of aromatic nitrogens is 5. The van der Waals surface area contributed by atoms with Crippen LogP contribution in [-0.4, -0.2) is 68.7 Å². The van der Waals surface area contributed by atoms with Gasteiger partial charge in [0, 0.05) is 36.6 Å². The molecule has 0 aliphatic carbocycles. The molecule has 0 atom stereocenters. The maximum absolute atomic E-state index is 13.2. The van der Waals surface area contributed by atoms with Crippen molar-refractivity contribution in [2.75, 3.05) is 29.5 Å². The molecule has 0 amide bonds. The van der Waals surface area contributed by atoms with E-state index < -0.39 is 15.7 Å². The van der Waals surface area contributed by atoms with Crippen LogP contribution in [0.4, 0.5) is 10.3 Å². The van der Waals surface area contributed by atoms with E-state index in [0.717, 1.165) is 48.8 Å². The molecular weight excluding hydrogens is 481 g/mol. The van der Waals surface area contributed by atoms with Gasteiger partial charge in [0.15, 0.2) is 21.5 Å². The molecular formula is C22H23ClFN7O2S. The first kappa shape index (κ1) is 21.9. The van der Waals surface area contributed by atoms with Gasteiger partial charge in [-0.05, 0) is 36.6 Å². The topological polar surface area (TPSA) is 97.1 Å². The molecule has 2 aromatic heterocycles. The van der Waals surface area contributed by atoms with Crippen molar-refractivity contribution in [3.8, 4) is 5.69 Å². The molecule has 178 valence electrons. The lowest BCUT2D eigenvalue weighted by Gasteiger charge is -2.35. The third-order valence-corrected chi connectivity index (χ3v) is 8.93. The second-order valence-electron chi connectivity index (χ2n) is 9.18. The van der Waals surface area contributed by atoms with Crippen LogP contribution in [0.5, 0.6) is 0 Å². The fourth-order valence-electron chi connectivity index (χ4n) is 5.13. The highest BCUT2D eigenvalue weighted by Crippen LogP contribution is 2.35. The average Bonchev–Trinajstić information content (AvgIpc) is 3.14. The number of nitrogens with zero attached hydrogens (tertiary/aromatic N) is 7. The Kier molecular flexibility index (Phi) is 5.30. The number of benzene rings is 1. The van der Waals surface area contributed by atoms with Gasteiger partial charge in [0.1, 0.15) is 5.82 Å². The number of piperidine rings is 1. The van der Waals surface area contributed by atoms with Gasteiger partial charge < -0.3 is 4.90 Å². The summed E-state index contributed by atoms with van der Waals surface area (Å²) in [5, 5.41) is 9.78. The Morgan fingerprint density at radius 3 is 2.47 bits per heavy atom. The number of hydrogen-bond acceptors (Lipinski definition) is 8. The molecule has 2 saturated heterocycles. The Labute approximate surface area is 201 Å². The second-order valence-corrected chi connectivity index (χ2v) is 11.8. The Hall–Kier alpha value is -2.63. The summed E-state index contributed by atoms with van der Waals surface area (Å²) in [7, 11) is -2.94. The van der Waals surface area contributed by atoms with Crippen molar-refractivity contribution in [3.63, 3.8) is 0 Å². The first-order chi connectivity index (χ1) is 16.4. The third-order valence-electron chi connectivity index (χ3n) is 6.91. The molecule has 3 aliphatic heterocycles. The van der Waals surface area contributed by atoms with E-state index >= 15 is 0 Å². The van der Waals surface area contributed by atoms with Crippen molar-refractivity contribution in [1.29, 1.82) is 0 Å². The van der Waals surface area contributed by atoms with Gasteiger partial charge in [0.2, 0.25) is 5.95 Å². The molecule has 12 heteroatoms. The zero-order valence-electron chi connectivity index (χ0n) is 18.3. The van der Waals surface area contributed by atoms with Crippen LogP contribution >= 0.6 is 11.6 Å². The lowest BCUT2D eigenvalue weighted by atomic mass is 9.95. The van der Waals surface area contributed by atoms with E-state index in [0.29, 0.717) is 24.1 Å². The van der Waals surface area contributed by atoms with Crippen molar-refractivity contribution >= 4 is 27.4 Å². The van der Waals surface area contributed by atoms with Gasteiger partial charge in [0.05, 0.1) is 36.1 Å². The monoisotopic (exact) mass is 503 g/mol. The maximum Gasteiger partial charge on any atom is 0.225 e. The van der Waals surface area contributed by atoms with E-state index in [9.17, 15) is 12.8 Å². The molecule has 2 fully saturated rings. The van der Waals surface area contributed by atoms with Crippen molar-refractivity contribution in [2.45, 2.75) is 37.9 Å². The minimum atomic E-state index is -2.94. The fraction of sp³-hybridized carbons (Fsp3) is 0.455. The molecule has 0 radical (unpaired) electrons. The predicted molar refractivity (Wildman–Crippen MR) is 124 cm³/mol. The molecule has 0 bridgehead atoms. The number of sulfone groups is 1. The van der Waals surface area contributed by atoms with Crippen LogP contribution in [0.2, 0.25) is 5.02 Å². The number of rotatable bonds is 3. The summed E-state index contributed by atoms with van der Waals surface area (Å²) in [6, 6.07) is 5.79. The number of hydrogen-bond donors (Lipinski definition) is 0. The molecule has 0 saturated carbocycles. The van der Waals surface area contributed by atoms with Crippen LogP contribution in [-0.2, 0) is 22.9 Å². The molecule has 1 aromatic carbocycles. The Bertz CT molecular complexity index is 1330. The van der Waals surface area contributed by atoms with E-state index in [2.05, 4.69) is 34.5 Å². The zero-order chi connectivity index (χ0) is 23.4. The van der Waals surface area contributed by atoms with Gasteiger partial charge in [-0.25, -0.2) is 22.8 Å². The standard InChI is InChI=1S/C22H23ClFN7O2S/c23-16-1-2-19-15(7-16)10-30(18-12-34(32,33)13-18)11-20-27-28-21(31(19)20)14-3-5-29(6-4-14)22-25-8-17(24)9-26-22/h1-2,7-9,14,18H,3-6,10-13H2. The van der Waals surface area contributed by atoms with Crippen molar-refractivity contribution in [2.24, 2.45) is 0 Å². The van der Waals surface area contributed by atoms with E-state index in [1.807, 2.05) is 18.2 Å². The van der Waals surface area contributed by atoms with Crippen molar-refractivity contribution in [3.05, 3.63) is 58.6 Å². The van der Waals surface area contributed by atoms with Crippen LogP contribution < -0.4 is 4.90 Å². The smallest absolute Gasteiger partial charge is 0.225 e. The van der Waals surface area contributed by atoms with Gasteiger partial charge in [-0.15, -0.1) is 10.2 Å². The second kappa shape index (κ2) is 8.24. The van der Waals surface area contributed by atoms with Gasteiger partial charge in [-0.1, -0.05) is 11.6 Å². The number of halogens is 2. The van der Waals surface area contributed by atoms with Crippen molar-refractivity contribution in [1.82, 2.24) is 29.6 Å².